The van der Waals surface area contributed by atoms with Crippen molar-refractivity contribution >= 4 is 17.9 Å². The van der Waals surface area contributed by atoms with Crippen LogP contribution in [0.3, 0.4) is 0 Å². The molecule has 1 aliphatic rings. The van der Waals surface area contributed by atoms with Crippen LogP contribution >= 0.6 is 0 Å². The molecule has 0 aliphatic heterocycles. The Labute approximate surface area is 164 Å². The Hall–Kier alpha value is -3.28. The number of nitrogens with zero attached hydrogens (tertiary/aromatic N) is 1. The zero-order valence-corrected chi connectivity index (χ0v) is 15.8. The van der Waals surface area contributed by atoms with Crippen molar-refractivity contribution < 1.29 is 19.1 Å². The maximum absolute atomic E-state index is 12.7. The largest absolute Gasteiger partial charge is 0.493 e. The van der Waals surface area contributed by atoms with E-state index in [1.54, 1.807) is 30.4 Å². The van der Waals surface area contributed by atoms with Crippen LogP contribution < -0.4 is 15.2 Å². The molecule has 2 aromatic carbocycles. The van der Waals surface area contributed by atoms with E-state index in [0.29, 0.717) is 24.1 Å². The second-order valence-corrected chi connectivity index (χ2v) is 6.68. The first kappa shape index (κ1) is 19.5. The van der Waals surface area contributed by atoms with Gasteiger partial charge < -0.3 is 20.1 Å². The lowest BCUT2D eigenvalue weighted by Crippen LogP contribution is -2.31. The molecule has 3 rings (SSSR count). The molecule has 1 saturated carbocycles. The molecule has 0 unspecified atom stereocenters. The molecule has 1 aliphatic carbocycles. The molecule has 0 spiro atoms. The average molecular weight is 380 g/mol. The van der Waals surface area contributed by atoms with Gasteiger partial charge in [0.15, 0.2) is 18.1 Å². The summed E-state index contributed by atoms with van der Waals surface area (Å²) in [6.07, 6.45) is 5.43. The summed E-state index contributed by atoms with van der Waals surface area (Å²) < 4.78 is 10.6. The van der Waals surface area contributed by atoms with Gasteiger partial charge in [0.1, 0.15) is 0 Å². The summed E-state index contributed by atoms with van der Waals surface area (Å²) in [5, 5.41) is 0. The van der Waals surface area contributed by atoms with Crippen LogP contribution in [0.2, 0.25) is 0 Å². The zero-order chi connectivity index (χ0) is 19.9. The number of nitrogens with two attached hydrogens (primary N) is 1. The number of hydrogen-bond acceptors (Lipinski definition) is 4. The highest BCUT2D eigenvalue weighted by Crippen LogP contribution is 2.30. The van der Waals surface area contributed by atoms with Crippen LogP contribution in [0.25, 0.3) is 6.08 Å². The summed E-state index contributed by atoms with van der Waals surface area (Å²) in [7, 11) is 1.51. The van der Waals surface area contributed by atoms with Crippen molar-refractivity contribution in [2.45, 2.75) is 25.4 Å². The normalized spacial score (nSPS) is 13.3. The SMILES string of the molecule is COc1cc(/C=C/C(=O)N(Cc2ccccc2)C2CC2)ccc1OCC(N)=O. The zero-order valence-electron chi connectivity index (χ0n) is 15.8. The molecule has 2 N–H and O–H groups in total. The Kier molecular flexibility index (Phi) is 6.32. The molecular formula is C22H24N2O4. The molecule has 0 atom stereocenters. The van der Waals surface area contributed by atoms with E-state index in [9.17, 15) is 9.59 Å². The van der Waals surface area contributed by atoms with Crippen LogP contribution in [0.1, 0.15) is 24.0 Å². The molecular weight excluding hydrogens is 356 g/mol. The monoisotopic (exact) mass is 380 g/mol. The van der Waals surface area contributed by atoms with Crippen LogP contribution in [-0.2, 0) is 16.1 Å². The summed E-state index contributed by atoms with van der Waals surface area (Å²) >= 11 is 0. The van der Waals surface area contributed by atoms with Gasteiger partial charge in [0.25, 0.3) is 5.91 Å². The fourth-order valence-corrected chi connectivity index (χ4v) is 2.87. The van der Waals surface area contributed by atoms with E-state index in [-0.39, 0.29) is 12.5 Å². The summed E-state index contributed by atoms with van der Waals surface area (Å²) in [5.74, 6) is 0.322. The third kappa shape index (κ3) is 5.36. The lowest BCUT2D eigenvalue weighted by atomic mass is 10.1. The second-order valence-electron chi connectivity index (χ2n) is 6.68. The first-order valence-corrected chi connectivity index (χ1v) is 9.18. The maximum Gasteiger partial charge on any atom is 0.255 e. The molecule has 0 heterocycles. The minimum Gasteiger partial charge on any atom is -0.493 e. The number of carbonyl (C=O) groups is 2. The Morgan fingerprint density at radius 1 is 1.14 bits per heavy atom. The highest BCUT2D eigenvalue weighted by atomic mass is 16.5. The van der Waals surface area contributed by atoms with Gasteiger partial charge in [-0.2, -0.15) is 0 Å². The first-order chi connectivity index (χ1) is 13.6. The van der Waals surface area contributed by atoms with Crippen molar-refractivity contribution in [3.05, 3.63) is 65.7 Å². The highest BCUT2D eigenvalue weighted by Gasteiger charge is 2.31. The number of amides is 2. The second kappa shape index (κ2) is 9.08. The maximum atomic E-state index is 12.7. The first-order valence-electron chi connectivity index (χ1n) is 9.18. The fourth-order valence-electron chi connectivity index (χ4n) is 2.87. The molecule has 2 aromatic rings. The van der Waals surface area contributed by atoms with Crippen molar-refractivity contribution in [2.75, 3.05) is 13.7 Å². The van der Waals surface area contributed by atoms with Gasteiger partial charge in [-0.05, 0) is 42.2 Å². The van der Waals surface area contributed by atoms with E-state index < -0.39 is 5.91 Å². The Morgan fingerprint density at radius 2 is 1.89 bits per heavy atom. The Morgan fingerprint density at radius 3 is 2.54 bits per heavy atom. The minimum absolute atomic E-state index is 0.0145. The summed E-state index contributed by atoms with van der Waals surface area (Å²) in [5.41, 5.74) is 7.02. The summed E-state index contributed by atoms with van der Waals surface area (Å²) in [6.45, 7) is 0.387. The number of primary amides is 1. The molecule has 2 amide bonds. The molecule has 0 radical (unpaired) electrons. The third-order valence-electron chi connectivity index (χ3n) is 4.44. The van der Waals surface area contributed by atoms with Crippen molar-refractivity contribution in [3.63, 3.8) is 0 Å². The van der Waals surface area contributed by atoms with Crippen molar-refractivity contribution in [1.29, 1.82) is 0 Å². The number of methoxy groups -OCH3 is 1. The summed E-state index contributed by atoms with van der Waals surface area (Å²) in [6, 6.07) is 15.5. The van der Waals surface area contributed by atoms with E-state index >= 15 is 0 Å². The quantitative estimate of drug-likeness (QED) is 0.678. The van der Waals surface area contributed by atoms with Gasteiger partial charge in [0.2, 0.25) is 5.91 Å². The van der Waals surface area contributed by atoms with Gasteiger partial charge in [-0.15, -0.1) is 0 Å². The number of rotatable bonds is 9. The van der Waals surface area contributed by atoms with Crippen molar-refractivity contribution in [2.24, 2.45) is 5.73 Å². The lowest BCUT2D eigenvalue weighted by molar-refractivity contribution is -0.127. The van der Waals surface area contributed by atoms with Gasteiger partial charge >= 0.3 is 0 Å². The number of ether oxygens (including phenoxy) is 2. The molecule has 1 fully saturated rings. The van der Waals surface area contributed by atoms with Crippen LogP contribution in [-0.4, -0.2) is 36.5 Å². The molecule has 146 valence electrons. The topological polar surface area (TPSA) is 81.9 Å². The minimum atomic E-state index is -0.560. The van der Waals surface area contributed by atoms with E-state index in [2.05, 4.69) is 0 Å². The smallest absolute Gasteiger partial charge is 0.255 e. The molecule has 0 aromatic heterocycles. The highest BCUT2D eigenvalue weighted by molar-refractivity contribution is 5.92. The van der Waals surface area contributed by atoms with Crippen LogP contribution in [0.5, 0.6) is 11.5 Å². The van der Waals surface area contributed by atoms with Gasteiger partial charge in [0.05, 0.1) is 7.11 Å². The molecule has 6 nitrogen and oxygen atoms in total. The predicted octanol–water partition coefficient (Wildman–Crippen LogP) is 2.76. The van der Waals surface area contributed by atoms with Crippen LogP contribution in [0.15, 0.2) is 54.6 Å². The average Bonchev–Trinajstić information content (AvgIpc) is 3.54. The van der Waals surface area contributed by atoms with Gasteiger partial charge in [-0.25, -0.2) is 0 Å². The van der Waals surface area contributed by atoms with Crippen LogP contribution in [0, 0.1) is 0 Å². The Balaban J connectivity index is 1.69. The van der Waals surface area contributed by atoms with Gasteiger partial charge in [-0.1, -0.05) is 36.4 Å². The fraction of sp³-hybridized carbons (Fsp3) is 0.273. The van der Waals surface area contributed by atoms with E-state index in [0.717, 1.165) is 24.0 Å². The summed E-state index contributed by atoms with van der Waals surface area (Å²) in [4.78, 5) is 25.5. The Bertz CT molecular complexity index is 860. The number of carbonyl (C=O) groups excluding carboxylic acids is 2. The van der Waals surface area contributed by atoms with Crippen LogP contribution in [0.4, 0.5) is 0 Å². The standard InChI is InChI=1S/C22H24N2O4/c1-27-20-13-16(7-11-19(20)28-15-21(23)25)8-12-22(26)24(18-9-10-18)14-17-5-3-2-4-6-17/h2-8,11-13,18H,9-10,14-15H2,1H3,(H2,23,25)/b12-8+. The van der Waals surface area contributed by atoms with Crippen molar-refractivity contribution in [1.82, 2.24) is 4.90 Å². The molecule has 0 bridgehead atoms. The van der Waals surface area contributed by atoms with E-state index in [1.165, 1.54) is 7.11 Å². The van der Waals surface area contributed by atoms with Gasteiger partial charge in [-0.3, -0.25) is 9.59 Å². The molecule has 6 heteroatoms. The van der Waals surface area contributed by atoms with E-state index in [1.807, 2.05) is 35.2 Å². The van der Waals surface area contributed by atoms with E-state index in [4.69, 9.17) is 15.2 Å². The predicted molar refractivity (Wildman–Crippen MR) is 107 cm³/mol. The molecule has 0 saturated heterocycles. The number of hydrogen-bond donors (Lipinski definition) is 1. The lowest BCUT2D eigenvalue weighted by Gasteiger charge is -2.21. The third-order valence-corrected chi connectivity index (χ3v) is 4.44. The van der Waals surface area contributed by atoms with Gasteiger partial charge in [0, 0.05) is 18.7 Å². The number of benzene rings is 2. The van der Waals surface area contributed by atoms with Crippen molar-refractivity contribution in [3.8, 4) is 11.5 Å². The molecule has 28 heavy (non-hydrogen) atoms.